The van der Waals surface area contributed by atoms with Crippen LogP contribution in [-0.2, 0) is 4.79 Å². The van der Waals surface area contributed by atoms with Crippen LogP contribution < -0.4 is 10.6 Å². The number of fused-ring (bicyclic) bond motifs is 1. The minimum Gasteiger partial charge on any atom is -0.336 e. The first kappa shape index (κ1) is 25.2. The van der Waals surface area contributed by atoms with Crippen LogP contribution >= 0.6 is 11.6 Å². The van der Waals surface area contributed by atoms with Gasteiger partial charge in [0.05, 0.1) is 16.8 Å². The normalized spacial score (nSPS) is 11.7. The van der Waals surface area contributed by atoms with Gasteiger partial charge in [0.15, 0.2) is 0 Å². The van der Waals surface area contributed by atoms with Crippen molar-refractivity contribution < 1.29 is 9.59 Å². The average Bonchev–Trinajstić information content (AvgIpc) is 2.94. The number of benzene rings is 4. The van der Waals surface area contributed by atoms with Crippen LogP contribution in [0.15, 0.2) is 103 Å². The Morgan fingerprint density at radius 1 is 0.789 bits per heavy atom. The van der Waals surface area contributed by atoms with E-state index < -0.39 is 6.04 Å². The maximum Gasteiger partial charge on any atom is 0.252 e. The Morgan fingerprint density at radius 2 is 1.45 bits per heavy atom. The highest BCUT2D eigenvalue weighted by molar-refractivity contribution is 6.30. The molecule has 5 nitrogen and oxygen atoms in total. The molecule has 0 aliphatic rings. The molecule has 5 rings (SSSR count). The van der Waals surface area contributed by atoms with Crippen molar-refractivity contribution in [2.75, 3.05) is 5.32 Å². The van der Waals surface area contributed by atoms with Gasteiger partial charge in [0, 0.05) is 21.7 Å². The molecule has 1 aromatic heterocycles. The molecule has 0 unspecified atom stereocenters. The third-order valence-corrected chi connectivity index (χ3v) is 6.75. The van der Waals surface area contributed by atoms with Gasteiger partial charge in [0.25, 0.3) is 11.8 Å². The number of aryl methyl sites for hydroxylation is 2. The summed E-state index contributed by atoms with van der Waals surface area (Å²) in [5, 5.41) is 7.25. The lowest BCUT2D eigenvalue weighted by Crippen LogP contribution is -2.37. The van der Waals surface area contributed by atoms with Crippen LogP contribution in [0.3, 0.4) is 0 Å². The topological polar surface area (TPSA) is 71.1 Å². The third kappa shape index (κ3) is 5.29. The fraction of sp³-hybridized carbons (Fsp3) is 0.0938. The predicted octanol–water partition coefficient (Wildman–Crippen LogP) is 7.28. The van der Waals surface area contributed by atoms with E-state index in [1.54, 1.807) is 30.3 Å². The number of carbonyl (C=O) groups excluding carboxylic acids is 2. The standard InChI is InChI=1S/C32H26ClN3O2/c1-20-9-8-10-21(2)29(20)35-32(38)30(23-15-17-24(33)18-16-23)36-31(37)26-19-28(22-11-4-3-5-12-22)34-27-14-7-6-13-25(26)27/h3-19,30H,1-2H3,(H,35,38)(H,36,37)/t30-/m1/s1. The van der Waals surface area contributed by atoms with Crippen molar-refractivity contribution in [3.63, 3.8) is 0 Å². The van der Waals surface area contributed by atoms with E-state index in [0.717, 1.165) is 22.4 Å². The van der Waals surface area contributed by atoms with Gasteiger partial charge in [0.1, 0.15) is 6.04 Å². The van der Waals surface area contributed by atoms with E-state index in [-0.39, 0.29) is 11.8 Å². The molecule has 4 aromatic carbocycles. The number of aromatic nitrogens is 1. The van der Waals surface area contributed by atoms with E-state index in [2.05, 4.69) is 10.6 Å². The average molecular weight is 520 g/mol. The summed E-state index contributed by atoms with van der Waals surface area (Å²) in [6.45, 7) is 3.87. The zero-order valence-electron chi connectivity index (χ0n) is 21.0. The van der Waals surface area contributed by atoms with E-state index in [0.29, 0.717) is 32.7 Å². The van der Waals surface area contributed by atoms with Crippen LogP contribution in [0, 0.1) is 13.8 Å². The highest BCUT2D eigenvalue weighted by Gasteiger charge is 2.26. The molecule has 0 saturated carbocycles. The Kier molecular flexibility index (Phi) is 7.20. The maximum atomic E-state index is 13.8. The number of amides is 2. The van der Waals surface area contributed by atoms with Gasteiger partial charge in [-0.15, -0.1) is 0 Å². The van der Waals surface area contributed by atoms with Gasteiger partial charge in [-0.2, -0.15) is 0 Å². The molecule has 0 spiro atoms. The van der Waals surface area contributed by atoms with Crippen LogP contribution in [0.1, 0.15) is 33.1 Å². The maximum absolute atomic E-state index is 13.8. The number of nitrogens with one attached hydrogen (secondary N) is 2. The van der Waals surface area contributed by atoms with Gasteiger partial charge in [-0.3, -0.25) is 9.59 Å². The zero-order valence-corrected chi connectivity index (χ0v) is 21.8. The first-order chi connectivity index (χ1) is 18.4. The Morgan fingerprint density at radius 3 is 2.16 bits per heavy atom. The minimum absolute atomic E-state index is 0.347. The second kappa shape index (κ2) is 10.9. The lowest BCUT2D eigenvalue weighted by molar-refractivity contribution is -0.118. The monoisotopic (exact) mass is 519 g/mol. The number of anilines is 1. The van der Waals surface area contributed by atoms with Crippen LogP contribution in [0.4, 0.5) is 5.69 Å². The van der Waals surface area contributed by atoms with Gasteiger partial charge < -0.3 is 10.6 Å². The first-order valence-electron chi connectivity index (χ1n) is 12.3. The fourth-order valence-corrected chi connectivity index (χ4v) is 4.62. The lowest BCUT2D eigenvalue weighted by Gasteiger charge is -2.21. The summed E-state index contributed by atoms with van der Waals surface area (Å²) in [6, 6.07) is 30.7. The molecule has 0 fully saturated rings. The van der Waals surface area contributed by atoms with E-state index in [4.69, 9.17) is 16.6 Å². The number of para-hydroxylation sites is 2. The summed E-state index contributed by atoms with van der Waals surface area (Å²) < 4.78 is 0. The highest BCUT2D eigenvalue weighted by Crippen LogP contribution is 2.27. The van der Waals surface area contributed by atoms with Crippen LogP contribution in [0.25, 0.3) is 22.2 Å². The number of pyridine rings is 1. The molecule has 0 saturated heterocycles. The molecule has 1 heterocycles. The second-order valence-corrected chi connectivity index (χ2v) is 9.59. The Hall–Kier alpha value is -4.48. The van der Waals surface area contributed by atoms with Crippen LogP contribution in [0.2, 0.25) is 5.02 Å². The smallest absolute Gasteiger partial charge is 0.252 e. The second-order valence-electron chi connectivity index (χ2n) is 9.15. The van der Waals surface area contributed by atoms with E-state index in [9.17, 15) is 9.59 Å². The quantitative estimate of drug-likeness (QED) is 0.247. The molecule has 0 radical (unpaired) electrons. The summed E-state index contributed by atoms with van der Waals surface area (Å²) >= 11 is 6.12. The van der Waals surface area contributed by atoms with Gasteiger partial charge in [-0.1, -0.05) is 90.5 Å². The van der Waals surface area contributed by atoms with Crippen molar-refractivity contribution in [1.82, 2.24) is 10.3 Å². The molecule has 188 valence electrons. The Labute approximate surface area is 226 Å². The van der Waals surface area contributed by atoms with Crippen molar-refractivity contribution in [2.24, 2.45) is 0 Å². The van der Waals surface area contributed by atoms with E-state index >= 15 is 0 Å². The minimum atomic E-state index is -0.953. The Bertz CT molecular complexity index is 1610. The van der Waals surface area contributed by atoms with E-state index in [1.807, 2.05) is 86.6 Å². The first-order valence-corrected chi connectivity index (χ1v) is 12.7. The number of hydrogen-bond donors (Lipinski definition) is 2. The van der Waals surface area contributed by atoms with Crippen molar-refractivity contribution in [3.8, 4) is 11.3 Å². The number of rotatable bonds is 6. The Balaban J connectivity index is 1.54. The van der Waals surface area contributed by atoms with Gasteiger partial charge >= 0.3 is 0 Å². The SMILES string of the molecule is Cc1cccc(C)c1NC(=O)[C@H](NC(=O)c1cc(-c2ccccc2)nc2ccccc12)c1ccc(Cl)cc1. The van der Waals surface area contributed by atoms with Crippen molar-refractivity contribution in [1.29, 1.82) is 0 Å². The molecule has 6 heteroatoms. The van der Waals surface area contributed by atoms with Crippen LogP contribution in [0.5, 0.6) is 0 Å². The number of hydrogen-bond acceptors (Lipinski definition) is 3. The van der Waals surface area contributed by atoms with E-state index in [1.165, 1.54) is 0 Å². The molecule has 2 amide bonds. The zero-order chi connectivity index (χ0) is 26.6. The molecule has 0 aliphatic heterocycles. The van der Waals surface area contributed by atoms with Gasteiger partial charge in [0.2, 0.25) is 0 Å². The number of carbonyl (C=O) groups is 2. The molecule has 0 aliphatic carbocycles. The van der Waals surface area contributed by atoms with Crippen molar-refractivity contribution in [2.45, 2.75) is 19.9 Å². The van der Waals surface area contributed by atoms with Crippen molar-refractivity contribution >= 4 is 40.0 Å². The number of nitrogens with zero attached hydrogens (tertiary/aromatic N) is 1. The largest absolute Gasteiger partial charge is 0.336 e. The molecule has 5 aromatic rings. The van der Waals surface area contributed by atoms with Crippen LogP contribution in [-0.4, -0.2) is 16.8 Å². The lowest BCUT2D eigenvalue weighted by atomic mass is 10.0. The molecular weight excluding hydrogens is 494 g/mol. The molecular formula is C32H26ClN3O2. The summed E-state index contributed by atoms with van der Waals surface area (Å²) in [7, 11) is 0. The fourth-order valence-electron chi connectivity index (χ4n) is 4.49. The molecule has 38 heavy (non-hydrogen) atoms. The predicted molar refractivity (Wildman–Crippen MR) is 153 cm³/mol. The summed E-state index contributed by atoms with van der Waals surface area (Å²) in [4.78, 5) is 32.3. The summed E-state index contributed by atoms with van der Waals surface area (Å²) in [6.07, 6.45) is 0. The van der Waals surface area contributed by atoms with Gasteiger partial charge in [-0.05, 0) is 54.8 Å². The highest BCUT2D eigenvalue weighted by atomic mass is 35.5. The third-order valence-electron chi connectivity index (χ3n) is 6.50. The van der Waals surface area contributed by atoms with Crippen molar-refractivity contribution in [3.05, 3.63) is 130 Å². The molecule has 0 bridgehead atoms. The number of halogens is 1. The summed E-state index contributed by atoms with van der Waals surface area (Å²) in [5.74, 6) is -0.725. The molecule has 2 N–H and O–H groups in total. The van der Waals surface area contributed by atoms with Gasteiger partial charge in [-0.25, -0.2) is 4.98 Å². The summed E-state index contributed by atoms with van der Waals surface area (Å²) in [5.41, 5.74) is 5.93. The molecule has 1 atom stereocenters.